The van der Waals surface area contributed by atoms with E-state index < -0.39 is 0 Å². The first kappa shape index (κ1) is 18.9. The molecule has 2 N–H and O–H groups in total. The lowest BCUT2D eigenvalue weighted by Crippen LogP contribution is -2.07. The van der Waals surface area contributed by atoms with Gasteiger partial charge in [0.1, 0.15) is 17.4 Å². The number of nitrogens with zero attached hydrogens (tertiary/aromatic N) is 2. The van der Waals surface area contributed by atoms with Gasteiger partial charge < -0.3 is 15.4 Å². The van der Waals surface area contributed by atoms with Crippen molar-refractivity contribution < 1.29 is 9.13 Å². The molecular formula is C20H20ClFN4O. The molecule has 0 amide bonds. The molecule has 0 saturated carbocycles. The summed E-state index contributed by atoms with van der Waals surface area (Å²) in [5.41, 5.74) is 2.99. The van der Waals surface area contributed by atoms with E-state index >= 15 is 0 Å². The number of hydrogen-bond donors (Lipinski definition) is 2. The van der Waals surface area contributed by atoms with E-state index in [9.17, 15) is 4.39 Å². The Balaban J connectivity index is 1.82. The van der Waals surface area contributed by atoms with Gasteiger partial charge in [0.05, 0.1) is 12.8 Å². The number of aromatic nitrogens is 2. The quantitative estimate of drug-likeness (QED) is 0.605. The number of methoxy groups -OCH3 is 1. The highest BCUT2D eigenvalue weighted by Gasteiger charge is 2.10. The third-order valence-electron chi connectivity index (χ3n) is 3.99. The smallest absolute Gasteiger partial charge is 0.225 e. The predicted octanol–water partition coefficient (Wildman–Crippen LogP) is 5.25. The molecule has 5 nitrogen and oxygen atoms in total. The Morgan fingerprint density at radius 3 is 2.63 bits per heavy atom. The first-order valence-corrected chi connectivity index (χ1v) is 8.78. The second-order valence-electron chi connectivity index (χ2n) is 6.09. The molecule has 0 aliphatic carbocycles. The normalized spacial score (nSPS) is 10.6. The van der Waals surface area contributed by atoms with Gasteiger partial charge in [0.25, 0.3) is 0 Å². The number of rotatable bonds is 6. The van der Waals surface area contributed by atoms with E-state index in [0.717, 1.165) is 16.9 Å². The van der Waals surface area contributed by atoms with Gasteiger partial charge in [-0.1, -0.05) is 29.8 Å². The molecule has 0 aliphatic heterocycles. The van der Waals surface area contributed by atoms with Gasteiger partial charge >= 0.3 is 0 Å². The molecule has 0 unspecified atom stereocenters. The highest BCUT2D eigenvalue weighted by atomic mass is 35.5. The van der Waals surface area contributed by atoms with E-state index in [1.165, 1.54) is 6.07 Å². The average molecular weight is 387 g/mol. The van der Waals surface area contributed by atoms with Crippen molar-refractivity contribution in [3.05, 3.63) is 70.1 Å². The van der Waals surface area contributed by atoms with E-state index in [2.05, 4.69) is 20.6 Å². The van der Waals surface area contributed by atoms with Crippen LogP contribution in [0, 0.1) is 19.7 Å². The maximum Gasteiger partial charge on any atom is 0.225 e. The lowest BCUT2D eigenvalue weighted by atomic mass is 10.2. The van der Waals surface area contributed by atoms with Gasteiger partial charge in [0.2, 0.25) is 5.95 Å². The number of aryl methyl sites for hydroxylation is 2. The van der Waals surface area contributed by atoms with Crippen LogP contribution in [-0.2, 0) is 6.54 Å². The van der Waals surface area contributed by atoms with Crippen LogP contribution in [0.3, 0.4) is 0 Å². The Morgan fingerprint density at radius 2 is 1.89 bits per heavy atom. The summed E-state index contributed by atoms with van der Waals surface area (Å²) >= 11 is 6.16. The molecular weight excluding hydrogens is 367 g/mol. The van der Waals surface area contributed by atoms with Crippen molar-refractivity contribution in [2.24, 2.45) is 0 Å². The van der Waals surface area contributed by atoms with Crippen molar-refractivity contribution in [3.63, 3.8) is 0 Å². The second-order valence-corrected chi connectivity index (χ2v) is 6.50. The van der Waals surface area contributed by atoms with Crippen LogP contribution >= 0.6 is 11.6 Å². The summed E-state index contributed by atoms with van der Waals surface area (Å²) in [6, 6.07) is 12.1. The second kappa shape index (κ2) is 8.22. The minimum atomic E-state index is -0.266. The Morgan fingerprint density at radius 1 is 1.11 bits per heavy atom. The molecule has 1 heterocycles. The summed E-state index contributed by atoms with van der Waals surface area (Å²) < 4.78 is 19.2. The number of halogens is 2. The van der Waals surface area contributed by atoms with E-state index in [4.69, 9.17) is 16.3 Å². The van der Waals surface area contributed by atoms with Crippen LogP contribution in [0.2, 0.25) is 5.02 Å². The molecule has 0 fully saturated rings. The topological polar surface area (TPSA) is 59.1 Å². The van der Waals surface area contributed by atoms with E-state index in [1.807, 2.05) is 26.0 Å². The minimum absolute atomic E-state index is 0.266. The highest BCUT2D eigenvalue weighted by molar-refractivity contribution is 6.31. The van der Waals surface area contributed by atoms with Crippen LogP contribution in [0.1, 0.15) is 16.8 Å². The molecule has 1 aromatic heterocycles. The molecule has 27 heavy (non-hydrogen) atoms. The van der Waals surface area contributed by atoms with Crippen molar-refractivity contribution in [2.75, 3.05) is 17.7 Å². The Bertz CT molecular complexity index is 965. The Kier molecular flexibility index (Phi) is 5.76. The standard InChI is InChI=1S/C20H20ClFN4O/c1-12-8-17(18(27-3)10-15(12)21)25-19-9-13(2)24-20(26-19)23-11-14-6-4-5-7-16(14)22/h4-10H,11H2,1-3H3,(H2,23,24,25,26). The third kappa shape index (κ3) is 4.65. The number of ether oxygens (including phenoxy) is 1. The van der Waals surface area contributed by atoms with Crippen LogP contribution in [0.25, 0.3) is 0 Å². The van der Waals surface area contributed by atoms with Crippen molar-refractivity contribution >= 4 is 29.1 Å². The molecule has 0 bridgehead atoms. The lowest BCUT2D eigenvalue weighted by Gasteiger charge is -2.14. The number of nitrogens with one attached hydrogen (secondary N) is 2. The number of anilines is 3. The fourth-order valence-electron chi connectivity index (χ4n) is 2.60. The fraction of sp³-hybridized carbons (Fsp3) is 0.200. The van der Waals surface area contributed by atoms with Gasteiger partial charge in [0, 0.05) is 35.0 Å². The highest BCUT2D eigenvalue weighted by Crippen LogP contribution is 2.32. The molecule has 0 saturated heterocycles. The Hall–Kier alpha value is -2.86. The lowest BCUT2D eigenvalue weighted by molar-refractivity contribution is 0.416. The van der Waals surface area contributed by atoms with Gasteiger partial charge in [-0.2, -0.15) is 4.98 Å². The van der Waals surface area contributed by atoms with E-state index in [-0.39, 0.29) is 5.82 Å². The predicted molar refractivity (Wildman–Crippen MR) is 107 cm³/mol. The minimum Gasteiger partial charge on any atom is -0.495 e. The average Bonchev–Trinajstić information content (AvgIpc) is 2.63. The third-order valence-corrected chi connectivity index (χ3v) is 4.40. The maximum absolute atomic E-state index is 13.8. The summed E-state index contributed by atoms with van der Waals surface area (Å²) in [6.45, 7) is 4.07. The van der Waals surface area contributed by atoms with Gasteiger partial charge in [-0.3, -0.25) is 0 Å². The van der Waals surface area contributed by atoms with Gasteiger partial charge in [-0.15, -0.1) is 0 Å². The van der Waals surface area contributed by atoms with Crippen LogP contribution in [0.5, 0.6) is 5.75 Å². The molecule has 0 radical (unpaired) electrons. The van der Waals surface area contributed by atoms with Crippen molar-refractivity contribution in [1.82, 2.24) is 9.97 Å². The van der Waals surface area contributed by atoms with Gasteiger partial charge in [-0.25, -0.2) is 9.37 Å². The monoisotopic (exact) mass is 386 g/mol. The first-order valence-electron chi connectivity index (χ1n) is 8.40. The molecule has 0 atom stereocenters. The summed E-state index contributed by atoms with van der Waals surface area (Å²) in [6.07, 6.45) is 0. The summed E-state index contributed by atoms with van der Waals surface area (Å²) in [4.78, 5) is 8.81. The van der Waals surface area contributed by atoms with Crippen molar-refractivity contribution in [3.8, 4) is 5.75 Å². The summed E-state index contributed by atoms with van der Waals surface area (Å²) in [5.74, 6) is 1.35. The first-order chi connectivity index (χ1) is 13.0. The Labute approximate surface area is 162 Å². The van der Waals surface area contributed by atoms with Crippen LogP contribution in [-0.4, -0.2) is 17.1 Å². The molecule has 140 valence electrons. The zero-order valence-corrected chi connectivity index (χ0v) is 16.1. The van der Waals surface area contributed by atoms with Gasteiger partial charge in [0.15, 0.2) is 0 Å². The molecule has 7 heteroatoms. The van der Waals surface area contributed by atoms with E-state index in [0.29, 0.717) is 34.6 Å². The number of hydrogen-bond acceptors (Lipinski definition) is 5. The summed E-state index contributed by atoms with van der Waals surface area (Å²) in [7, 11) is 1.58. The fourth-order valence-corrected chi connectivity index (χ4v) is 2.75. The maximum atomic E-state index is 13.8. The molecule has 3 aromatic rings. The van der Waals surface area contributed by atoms with Crippen molar-refractivity contribution in [2.45, 2.75) is 20.4 Å². The van der Waals surface area contributed by atoms with E-state index in [1.54, 1.807) is 31.4 Å². The molecule has 0 aliphatic rings. The van der Waals surface area contributed by atoms with Crippen LogP contribution in [0.15, 0.2) is 42.5 Å². The largest absolute Gasteiger partial charge is 0.495 e. The summed E-state index contributed by atoms with van der Waals surface area (Å²) in [5, 5.41) is 6.93. The molecule has 3 rings (SSSR count). The zero-order chi connectivity index (χ0) is 19.4. The molecule has 0 spiro atoms. The number of benzene rings is 2. The van der Waals surface area contributed by atoms with Gasteiger partial charge in [-0.05, 0) is 31.5 Å². The van der Waals surface area contributed by atoms with Crippen molar-refractivity contribution in [1.29, 1.82) is 0 Å². The zero-order valence-electron chi connectivity index (χ0n) is 15.3. The van der Waals surface area contributed by atoms with Crippen LogP contribution < -0.4 is 15.4 Å². The van der Waals surface area contributed by atoms with Crippen LogP contribution in [0.4, 0.5) is 21.8 Å². The molecule has 2 aromatic carbocycles. The SMILES string of the molecule is COc1cc(Cl)c(C)cc1Nc1cc(C)nc(NCc2ccccc2F)n1.